The molecule has 3 heterocycles. The summed E-state index contributed by atoms with van der Waals surface area (Å²) < 4.78 is 0. The largest absolute Gasteiger partial charge is 0.357 e. The fourth-order valence-electron chi connectivity index (χ4n) is 3.84. The second-order valence-electron chi connectivity index (χ2n) is 6.62. The molecular weight excluding hydrogens is 274 g/mol. The Balaban J connectivity index is 1.83. The molecule has 120 valence electrons. The van der Waals surface area contributed by atoms with Gasteiger partial charge >= 0.3 is 0 Å². The van der Waals surface area contributed by atoms with Crippen LogP contribution in [0.15, 0.2) is 12.1 Å². The van der Waals surface area contributed by atoms with Crippen LogP contribution in [0.3, 0.4) is 0 Å². The lowest BCUT2D eigenvalue weighted by Gasteiger charge is -2.36. The highest BCUT2D eigenvalue weighted by molar-refractivity contribution is 5.74. The van der Waals surface area contributed by atoms with Crippen LogP contribution in [0.1, 0.15) is 62.7 Å². The minimum Gasteiger partial charge on any atom is -0.357 e. The van der Waals surface area contributed by atoms with E-state index in [0.717, 1.165) is 44.0 Å². The number of nitrogens with zero attached hydrogens (tertiary/aromatic N) is 3. The molecule has 22 heavy (non-hydrogen) atoms. The Kier molecular flexibility index (Phi) is 4.65. The van der Waals surface area contributed by atoms with Crippen LogP contribution in [0, 0.1) is 6.92 Å². The van der Waals surface area contributed by atoms with E-state index in [1.54, 1.807) is 6.92 Å². The van der Waals surface area contributed by atoms with E-state index in [0.29, 0.717) is 0 Å². The molecule has 1 amide bonds. The zero-order chi connectivity index (χ0) is 15.5. The highest BCUT2D eigenvalue weighted by atomic mass is 16.2. The number of rotatable bonds is 2. The molecular formula is C18H27N3O. The molecule has 2 aliphatic heterocycles. The van der Waals surface area contributed by atoms with Gasteiger partial charge in [0, 0.05) is 32.3 Å². The molecule has 2 saturated heterocycles. The number of amides is 1. The van der Waals surface area contributed by atoms with Crippen LogP contribution >= 0.6 is 0 Å². The summed E-state index contributed by atoms with van der Waals surface area (Å²) in [5.41, 5.74) is 2.32. The number of aromatic nitrogens is 1. The van der Waals surface area contributed by atoms with Crippen molar-refractivity contribution in [2.45, 2.75) is 58.4 Å². The van der Waals surface area contributed by atoms with E-state index in [-0.39, 0.29) is 11.9 Å². The first kappa shape index (κ1) is 15.3. The van der Waals surface area contributed by atoms with E-state index in [4.69, 9.17) is 4.98 Å². The highest BCUT2D eigenvalue weighted by Crippen LogP contribution is 2.33. The van der Waals surface area contributed by atoms with E-state index in [9.17, 15) is 4.79 Å². The highest BCUT2D eigenvalue weighted by Gasteiger charge is 2.27. The molecule has 0 bridgehead atoms. The van der Waals surface area contributed by atoms with Crippen LogP contribution < -0.4 is 4.90 Å². The lowest BCUT2D eigenvalue weighted by molar-refractivity contribution is -0.132. The fourth-order valence-corrected chi connectivity index (χ4v) is 3.84. The predicted octanol–water partition coefficient (Wildman–Crippen LogP) is 3.45. The van der Waals surface area contributed by atoms with Crippen LogP contribution in [0.4, 0.5) is 5.82 Å². The van der Waals surface area contributed by atoms with Crippen LogP contribution in [-0.4, -0.2) is 35.4 Å². The van der Waals surface area contributed by atoms with E-state index >= 15 is 0 Å². The van der Waals surface area contributed by atoms with E-state index in [1.165, 1.54) is 31.2 Å². The topological polar surface area (TPSA) is 36.4 Å². The SMILES string of the molecule is CC(=O)N1CCCC[C@H]1c1ccc(N2CCCCC2)nc1C. The van der Waals surface area contributed by atoms with Gasteiger partial charge in [-0.05, 0) is 57.1 Å². The number of piperidine rings is 2. The van der Waals surface area contributed by atoms with Gasteiger partial charge in [-0.3, -0.25) is 4.79 Å². The number of aryl methyl sites for hydroxylation is 1. The van der Waals surface area contributed by atoms with Crippen molar-refractivity contribution in [2.75, 3.05) is 24.5 Å². The Bertz CT molecular complexity index is 537. The van der Waals surface area contributed by atoms with Crippen molar-refractivity contribution >= 4 is 11.7 Å². The molecule has 0 N–H and O–H groups in total. The van der Waals surface area contributed by atoms with Gasteiger partial charge in [0.2, 0.25) is 5.91 Å². The summed E-state index contributed by atoms with van der Waals surface area (Å²) in [6.45, 7) is 6.90. The van der Waals surface area contributed by atoms with Gasteiger partial charge in [0.15, 0.2) is 0 Å². The zero-order valence-electron chi connectivity index (χ0n) is 13.8. The van der Waals surface area contributed by atoms with Crippen molar-refractivity contribution in [3.8, 4) is 0 Å². The molecule has 0 aromatic carbocycles. The van der Waals surface area contributed by atoms with Gasteiger partial charge in [0.1, 0.15) is 5.82 Å². The second-order valence-corrected chi connectivity index (χ2v) is 6.62. The molecule has 4 nitrogen and oxygen atoms in total. The minimum absolute atomic E-state index is 0.184. The number of carbonyl (C=O) groups excluding carboxylic acids is 1. The van der Waals surface area contributed by atoms with Gasteiger partial charge in [0.25, 0.3) is 0 Å². The lowest BCUT2D eigenvalue weighted by Crippen LogP contribution is -2.37. The normalized spacial score (nSPS) is 22.7. The predicted molar refractivity (Wildman–Crippen MR) is 89.0 cm³/mol. The molecule has 2 fully saturated rings. The molecule has 0 radical (unpaired) electrons. The van der Waals surface area contributed by atoms with Crippen molar-refractivity contribution in [1.82, 2.24) is 9.88 Å². The number of carbonyl (C=O) groups is 1. The molecule has 1 atom stereocenters. The number of hydrogen-bond donors (Lipinski definition) is 0. The molecule has 3 rings (SSSR count). The molecule has 0 spiro atoms. The summed E-state index contributed by atoms with van der Waals surface area (Å²) in [6, 6.07) is 4.58. The summed E-state index contributed by atoms with van der Waals surface area (Å²) in [7, 11) is 0. The third-order valence-electron chi connectivity index (χ3n) is 5.06. The van der Waals surface area contributed by atoms with Crippen LogP contribution in [0.2, 0.25) is 0 Å². The minimum atomic E-state index is 0.184. The van der Waals surface area contributed by atoms with Crippen LogP contribution in [-0.2, 0) is 4.79 Å². The summed E-state index contributed by atoms with van der Waals surface area (Å²) in [4.78, 5) is 21.2. The third kappa shape index (κ3) is 3.11. The lowest BCUT2D eigenvalue weighted by atomic mass is 9.94. The molecule has 0 saturated carbocycles. The van der Waals surface area contributed by atoms with Gasteiger partial charge in [-0.25, -0.2) is 4.98 Å². The Labute approximate surface area is 133 Å². The molecule has 1 aromatic rings. The Morgan fingerprint density at radius 2 is 1.82 bits per heavy atom. The van der Waals surface area contributed by atoms with Crippen molar-refractivity contribution < 1.29 is 4.79 Å². The van der Waals surface area contributed by atoms with Crippen molar-refractivity contribution in [2.24, 2.45) is 0 Å². The first-order valence-electron chi connectivity index (χ1n) is 8.66. The van der Waals surface area contributed by atoms with Gasteiger partial charge in [-0.15, -0.1) is 0 Å². The van der Waals surface area contributed by atoms with Gasteiger partial charge in [0.05, 0.1) is 6.04 Å². The molecule has 0 unspecified atom stereocenters. The van der Waals surface area contributed by atoms with Crippen LogP contribution in [0.25, 0.3) is 0 Å². The van der Waals surface area contributed by atoms with E-state index in [1.807, 2.05) is 4.90 Å². The number of anilines is 1. The Hall–Kier alpha value is -1.58. The van der Waals surface area contributed by atoms with Gasteiger partial charge in [-0.2, -0.15) is 0 Å². The summed E-state index contributed by atoms with van der Waals surface area (Å²) in [5.74, 6) is 1.29. The zero-order valence-corrected chi connectivity index (χ0v) is 13.8. The average molecular weight is 301 g/mol. The quantitative estimate of drug-likeness (QED) is 0.839. The van der Waals surface area contributed by atoms with Crippen molar-refractivity contribution in [1.29, 1.82) is 0 Å². The monoisotopic (exact) mass is 301 g/mol. The smallest absolute Gasteiger partial charge is 0.219 e. The van der Waals surface area contributed by atoms with Crippen molar-refractivity contribution in [3.63, 3.8) is 0 Å². The molecule has 2 aliphatic rings. The maximum atomic E-state index is 11.9. The molecule has 1 aromatic heterocycles. The second kappa shape index (κ2) is 6.67. The van der Waals surface area contributed by atoms with Crippen LogP contribution in [0.5, 0.6) is 0 Å². The maximum absolute atomic E-state index is 11.9. The molecule has 4 heteroatoms. The Morgan fingerprint density at radius 3 is 2.50 bits per heavy atom. The number of likely N-dealkylation sites (tertiary alicyclic amines) is 1. The fraction of sp³-hybridized carbons (Fsp3) is 0.667. The van der Waals surface area contributed by atoms with Crippen molar-refractivity contribution in [3.05, 3.63) is 23.4 Å². The van der Waals surface area contributed by atoms with E-state index in [2.05, 4.69) is 24.0 Å². The first-order valence-corrected chi connectivity index (χ1v) is 8.66. The first-order chi connectivity index (χ1) is 10.7. The summed E-state index contributed by atoms with van der Waals surface area (Å²) in [5, 5.41) is 0. The van der Waals surface area contributed by atoms with Gasteiger partial charge in [-0.1, -0.05) is 6.07 Å². The van der Waals surface area contributed by atoms with Gasteiger partial charge < -0.3 is 9.80 Å². The number of hydrogen-bond acceptors (Lipinski definition) is 3. The van der Waals surface area contributed by atoms with E-state index < -0.39 is 0 Å². The molecule has 0 aliphatic carbocycles. The number of pyridine rings is 1. The Morgan fingerprint density at radius 1 is 1.09 bits per heavy atom. The third-order valence-corrected chi connectivity index (χ3v) is 5.06. The summed E-state index contributed by atoms with van der Waals surface area (Å²) >= 11 is 0. The average Bonchev–Trinajstić information content (AvgIpc) is 2.55. The maximum Gasteiger partial charge on any atom is 0.219 e. The summed E-state index contributed by atoms with van der Waals surface area (Å²) in [6.07, 6.45) is 7.25. The standard InChI is InChI=1S/C18H27N3O/c1-14-16(17-8-4-7-13-21(17)15(2)22)9-10-18(19-14)20-11-5-3-6-12-20/h9-10,17H,3-8,11-13H2,1-2H3/t17-/m0/s1.